The van der Waals surface area contributed by atoms with Gasteiger partial charge in [-0.05, 0) is 74.5 Å². The predicted molar refractivity (Wildman–Crippen MR) is 190 cm³/mol. The van der Waals surface area contributed by atoms with Crippen LogP contribution >= 0.6 is 0 Å². The lowest BCUT2D eigenvalue weighted by Crippen LogP contribution is -2.62. The summed E-state index contributed by atoms with van der Waals surface area (Å²) in [5.74, 6) is -2.28. The number of carbonyl (C=O) groups excluding carboxylic acids is 6. The van der Waals surface area contributed by atoms with Crippen molar-refractivity contribution in [3.05, 3.63) is 0 Å². The van der Waals surface area contributed by atoms with Gasteiger partial charge in [0, 0.05) is 12.1 Å². The Morgan fingerprint density at radius 1 is 0.880 bits per heavy atom. The number of rotatable bonds is 10. The number of Topliss-reactive ketones (excluding diaryl/α,β-unsaturated/α-hetero) is 1. The molecule has 0 bridgehead atoms. The number of hydrogen-bond acceptors (Lipinski definition) is 7. The number of likely N-dealkylation sites (tertiary alicyclic amines) is 1. The Bertz CT molecular complexity index is 1330. The summed E-state index contributed by atoms with van der Waals surface area (Å²) < 4.78 is 0. The number of amides is 5. The number of nitrogens with one attached hydrogen (secondary N) is 3. The molecule has 12 nitrogen and oxygen atoms in total. The Kier molecular flexibility index (Phi) is 12.3. The number of aliphatic imine (C=N–C) groups is 1. The van der Waals surface area contributed by atoms with E-state index in [4.69, 9.17) is 5.73 Å². The minimum Gasteiger partial charge on any atom is -0.363 e. The molecule has 5 fully saturated rings. The molecule has 0 aromatic carbocycles. The van der Waals surface area contributed by atoms with Gasteiger partial charge >= 0.3 is 6.03 Å². The topological polar surface area (TPSA) is 180 Å². The molecule has 12 heteroatoms. The Morgan fingerprint density at radius 3 is 1.96 bits per heavy atom. The van der Waals surface area contributed by atoms with Crippen molar-refractivity contribution in [2.75, 3.05) is 6.54 Å². The molecule has 5 amide bonds. The van der Waals surface area contributed by atoms with E-state index in [2.05, 4.69) is 34.8 Å². The summed E-state index contributed by atoms with van der Waals surface area (Å²) in [4.78, 5) is 80.8. The average molecular weight is 699 g/mol. The first-order chi connectivity index (χ1) is 23.3. The smallest absolute Gasteiger partial charge is 0.315 e. The van der Waals surface area contributed by atoms with Gasteiger partial charge in [-0.1, -0.05) is 92.4 Å². The van der Waals surface area contributed by atoms with Crippen LogP contribution in [0.3, 0.4) is 0 Å². The van der Waals surface area contributed by atoms with Crippen LogP contribution in [0.1, 0.15) is 138 Å². The number of carbonyl (C=O) groups is 5. The van der Waals surface area contributed by atoms with E-state index in [0.29, 0.717) is 13.0 Å². The molecule has 1 saturated heterocycles. The van der Waals surface area contributed by atoms with Crippen LogP contribution in [0.4, 0.5) is 4.79 Å². The molecular weight excluding hydrogens is 636 g/mol. The zero-order valence-electron chi connectivity index (χ0n) is 31.5. The number of hydrogen-bond donors (Lipinski definition) is 4. The van der Waals surface area contributed by atoms with E-state index in [1.165, 1.54) is 19.3 Å². The van der Waals surface area contributed by atoms with E-state index < -0.39 is 41.1 Å². The van der Waals surface area contributed by atoms with Crippen LogP contribution in [0, 0.1) is 28.6 Å². The van der Waals surface area contributed by atoms with Gasteiger partial charge < -0.3 is 26.6 Å². The first-order valence-electron chi connectivity index (χ1n) is 18.9. The second-order valence-corrected chi connectivity index (χ2v) is 18.0. The molecule has 5 rings (SSSR count). The zero-order chi connectivity index (χ0) is 37.1. The maximum atomic E-state index is 14.1. The third-order valence-corrected chi connectivity index (χ3v) is 12.4. The highest BCUT2D eigenvalue weighted by Crippen LogP contribution is 2.65. The summed E-state index contributed by atoms with van der Waals surface area (Å²) in [6, 6.07) is -3.01. The van der Waals surface area contributed by atoms with Crippen LogP contribution in [0.2, 0.25) is 0 Å². The van der Waals surface area contributed by atoms with Crippen molar-refractivity contribution in [3.8, 4) is 0 Å². The zero-order valence-corrected chi connectivity index (χ0v) is 31.5. The van der Waals surface area contributed by atoms with Crippen LogP contribution in [0.15, 0.2) is 4.99 Å². The number of urea groups is 1. The molecule has 4 aliphatic carbocycles. The summed E-state index contributed by atoms with van der Waals surface area (Å²) in [7, 11) is 0. The molecule has 0 radical (unpaired) electrons. The summed E-state index contributed by atoms with van der Waals surface area (Å²) >= 11 is 0. The monoisotopic (exact) mass is 698 g/mol. The van der Waals surface area contributed by atoms with E-state index in [-0.39, 0.29) is 46.2 Å². The standard InChI is InChI=1S/C30H49N5O5.C8H13NO/c1-28(2,3)23(33-27(40)34-30(6)13-8-7-9-14-30)26(39)35-16-18-20(29(18,4)5)21(35)25(38)32-19(22(36)24(31)37)15-17-11-10-12-17;1-8(9-7-10)5-3-2-4-6-8/h17-21,23H,7-16H2,1-6H3,(H2,31,37)(H,32,38)(H2,33,34,40);2-6H2,1H3/t18-,19?,20-,21-,23+;/m0./s1. The highest BCUT2D eigenvalue weighted by molar-refractivity contribution is 6.37. The number of primary amides is 1. The largest absolute Gasteiger partial charge is 0.363 e. The van der Waals surface area contributed by atoms with Crippen molar-refractivity contribution < 1.29 is 28.8 Å². The van der Waals surface area contributed by atoms with Crippen molar-refractivity contribution in [1.82, 2.24) is 20.9 Å². The second kappa shape index (κ2) is 15.5. The third kappa shape index (κ3) is 9.33. The number of ketones is 1. The minimum atomic E-state index is -1.07. The molecule has 50 heavy (non-hydrogen) atoms. The molecule has 280 valence electrons. The van der Waals surface area contributed by atoms with Crippen LogP contribution in [0.5, 0.6) is 0 Å². The van der Waals surface area contributed by atoms with Crippen LogP contribution < -0.4 is 21.7 Å². The highest BCUT2D eigenvalue weighted by Gasteiger charge is 2.70. The van der Waals surface area contributed by atoms with Gasteiger partial charge in [0.15, 0.2) is 0 Å². The van der Waals surface area contributed by atoms with Crippen molar-refractivity contribution in [2.24, 2.45) is 39.3 Å². The van der Waals surface area contributed by atoms with E-state index in [9.17, 15) is 28.8 Å². The van der Waals surface area contributed by atoms with Crippen molar-refractivity contribution in [3.63, 3.8) is 0 Å². The molecular formula is C38H62N6O6. The molecule has 5 atom stereocenters. The fraction of sp³-hybridized carbons (Fsp3) is 0.842. The molecule has 5 N–H and O–H groups in total. The van der Waals surface area contributed by atoms with E-state index >= 15 is 0 Å². The molecule has 4 saturated carbocycles. The molecule has 5 aliphatic rings. The Balaban J connectivity index is 0.000000482. The first-order valence-corrected chi connectivity index (χ1v) is 18.9. The SMILES string of the molecule is CC1(N=C=O)CCCCC1.CC1(NC(=O)N[C@H](C(=O)N2C[C@H]3[C@@H]([C@H]2C(=O)NC(CC2CCC2)C(=O)C(N)=O)C3(C)C)C(C)(C)C)CCCCC1. The predicted octanol–water partition coefficient (Wildman–Crippen LogP) is 4.68. The highest BCUT2D eigenvalue weighted by atomic mass is 16.2. The maximum Gasteiger partial charge on any atom is 0.315 e. The number of nitrogens with two attached hydrogens (primary N) is 1. The minimum absolute atomic E-state index is 0.0694. The Hall–Kier alpha value is -3.27. The second-order valence-electron chi connectivity index (χ2n) is 18.0. The van der Waals surface area contributed by atoms with Crippen molar-refractivity contribution in [2.45, 2.75) is 168 Å². The fourth-order valence-corrected chi connectivity index (χ4v) is 8.78. The molecule has 1 aliphatic heterocycles. The van der Waals surface area contributed by atoms with Crippen molar-refractivity contribution in [1.29, 1.82) is 0 Å². The maximum absolute atomic E-state index is 14.1. The fourth-order valence-electron chi connectivity index (χ4n) is 8.78. The molecule has 0 spiro atoms. The van der Waals surface area contributed by atoms with E-state index in [1.807, 2.05) is 34.6 Å². The summed E-state index contributed by atoms with van der Waals surface area (Å²) in [6.07, 6.45) is 15.9. The van der Waals surface area contributed by atoms with Crippen molar-refractivity contribution >= 4 is 35.6 Å². The lowest BCUT2D eigenvalue weighted by atomic mass is 9.80. The van der Waals surface area contributed by atoms with E-state index in [1.54, 1.807) is 11.0 Å². The van der Waals surface area contributed by atoms with Gasteiger partial charge in [0.25, 0.3) is 5.91 Å². The van der Waals surface area contributed by atoms with Crippen LogP contribution in [-0.2, 0) is 24.0 Å². The van der Waals surface area contributed by atoms with Gasteiger partial charge in [-0.2, -0.15) is 4.99 Å². The van der Waals surface area contributed by atoms with Gasteiger partial charge in [-0.15, -0.1) is 0 Å². The average Bonchev–Trinajstić information content (AvgIpc) is 3.31. The first kappa shape index (κ1) is 39.5. The number of piperidine rings is 1. The van der Waals surface area contributed by atoms with E-state index in [0.717, 1.165) is 64.2 Å². The van der Waals surface area contributed by atoms with Gasteiger partial charge in [0.05, 0.1) is 11.6 Å². The molecule has 0 aromatic heterocycles. The summed E-state index contributed by atoms with van der Waals surface area (Å²) in [5.41, 5.74) is 4.20. The van der Waals surface area contributed by atoms with Crippen LogP contribution in [0.25, 0.3) is 0 Å². The summed E-state index contributed by atoms with van der Waals surface area (Å²) in [6.45, 7) is 14.3. The van der Waals surface area contributed by atoms with Gasteiger partial charge in [-0.3, -0.25) is 19.2 Å². The van der Waals surface area contributed by atoms with Crippen LogP contribution in [-0.4, -0.2) is 76.3 Å². The molecule has 1 heterocycles. The summed E-state index contributed by atoms with van der Waals surface area (Å²) in [5, 5.41) is 8.86. The van der Waals surface area contributed by atoms with Gasteiger partial charge in [0.2, 0.25) is 23.7 Å². The Labute approximate surface area is 298 Å². The molecule has 0 aromatic rings. The quantitative estimate of drug-likeness (QED) is 0.146. The number of fused-ring (bicyclic) bond motifs is 1. The van der Waals surface area contributed by atoms with Gasteiger partial charge in [-0.25, -0.2) is 9.59 Å². The van der Waals surface area contributed by atoms with Gasteiger partial charge in [0.1, 0.15) is 12.1 Å². The number of nitrogens with zero attached hydrogens (tertiary/aromatic N) is 2. The third-order valence-electron chi connectivity index (χ3n) is 12.4. The number of isocyanates is 1. The normalized spacial score (nSPS) is 27.3. The Morgan fingerprint density at radius 2 is 1.46 bits per heavy atom. The molecule has 1 unspecified atom stereocenters. The lowest BCUT2D eigenvalue weighted by molar-refractivity contribution is -0.145. The lowest BCUT2D eigenvalue weighted by Gasteiger charge is -2.39.